The van der Waals surface area contributed by atoms with E-state index in [1.165, 1.54) is 5.56 Å². The summed E-state index contributed by atoms with van der Waals surface area (Å²) in [6.45, 7) is 0. The minimum atomic E-state index is 0.132. The summed E-state index contributed by atoms with van der Waals surface area (Å²) < 4.78 is 0. The number of pyridine rings is 1. The molecule has 3 rings (SSSR count). The predicted octanol–water partition coefficient (Wildman–Crippen LogP) is 3.07. The zero-order valence-corrected chi connectivity index (χ0v) is 9.41. The zero-order valence-electron chi connectivity index (χ0n) is 9.41. The number of ketones is 1. The highest BCUT2D eigenvalue weighted by atomic mass is 16.1. The topological polar surface area (TPSA) is 30.0 Å². The number of Topliss-reactive ketones (excluding diaryl/α,β-unsaturated/α-hetero) is 1. The lowest BCUT2D eigenvalue weighted by Crippen LogP contribution is -2.05. The Labute approximate surface area is 100 Å². The minimum absolute atomic E-state index is 0.132. The second kappa shape index (κ2) is 4.13. The fraction of sp³-hybridized carbons (Fsp3) is 0.200. The molecule has 84 valence electrons. The molecule has 0 N–H and O–H groups in total. The van der Waals surface area contributed by atoms with Gasteiger partial charge in [0.2, 0.25) is 0 Å². The van der Waals surface area contributed by atoms with Gasteiger partial charge in [0.15, 0.2) is 5.78 Å². The first-order valence-electron chi connectivity index (χ1n) is 5.86. The van der Waals surface area contributed by atoms with Crippen LogP contribution in [0.1, 0.15) is 28.4 Å². The predicted molar refractivity (Wildman–Crippen MR) is 65.9 cm³/mol. The summed E-state index contributed by atoms with van der Waals surface area (Å²) in [4.78, 5) is 16.2. The lowest BCUT2D eigenvalue weighted by atomic mass is 10.1. The Balaban J connectivity index is 1.76. The van der Waals surface area contributed by atoms with E-state index in [1.807, 2.05) is 30.3 Å². The first-order valence-corrected chi connectivity index (χ1v) is 5.86. The van der Waals surface area contributed by atoms with Crippen molar-refractivity contribution in [2.24, 2.45) is 5.92 Å². The van der Waals surface area contributed by atoms with Gasteiger partial charge in [-0.3, -0.25) is 9.78 Å². The molecular weight excluding hydrogens is 210 g/mol. The Morgan fingerprint density at radius 2 is 1.82 bits per heavy atom. The van der Waals surface area contributed by atoms with Gasteiger partial charge in [0.25, 0.3) is 0 Å². The molecule has 1 heterocycles. The first-order chi connectivity index (χ1) is 8.36. The molecule has 1 aromatic carbocycles. The van der Waals surface area contributed by atoms with Gasteiger partial charge in [-0.2, -0.15) is 0 Å². The Morgan fingerprint density at radius 3 is 2.53 bits per heavy atom. The van der Waals surface area contributed by atoms with Gasteiger partial charge >= 0.3 is 0 Å². The van der Waals surface area contributed by atoms with E-state index in [4.69, 9.17) is 0 Å². The summed E-state index contributed by atoms with van der Waals surface area (Å²) in [5, 5.41) is 0. The normalized spacial score (nSPS) is 22.1. The van der Waals surface area contributed by atoms with Crippen molar-refractivity contribution in [3.05, 3.63) is 66.0 Å². The van der Waals surface area contributed by atoms with Crippen LogP contribution in [-0.4, -0.2) is 10.8 Å². The largest absolute Gasteiger partial charge is 0.292 e. The van der Waals surface area contributed by atoms with Gasteiger partial charge in [-0.05, 0) is 30.0 Å². The summed E-state index contributed by atoms with van der Waals surface area (Å²) >= 11 is 0. The monoisotopic (exact) mass is 223 g/mol. The highest BCUT2D eigenvalue weighted by Gasteiger charge is 2.44. The number of carbonyl (C=O) groups excluding carboxylic acids is 1. The molecule has 0 spiro atoms. The van der Waals surface area contributed by atoms with Gasteiger partial charge in [-0.25, -0.2) is 0 Å². The second-order valence-corrected chi connectivity index (χ2v) is 4.44. The van der Waals surface area contributed by atoms with Crippen LogP contribution in [0, 0.1) is 5.92 Å². The van der Waals surface area contributed by atoms with E-state index in [9.17, 15) is 4.79 Å². The van der Waals surface area contributed by atoms with Gasteiger partial charge in [-0.1, -0.05) is 36.4 Å². The summed E-state index contributed by atoms with van der Waals surface area (Å²) in [5.74, 6) is 0.706. The molecule has 0 unspecified atom stereocenters. The molecular formula is C15H13NO. The molecule has 2 nitrogen and oxygen atoms in total. The molecule has 0 amide bonds. The number of carbonyl (C=O) groups is 1. The third-order valence-corrected chi connectivity index (χ3v) is 3.27. The molecule has 2 atom stereocenters. The number of hydrogen-bond donors (Lipinski definition) is 0. The van der Waals surface area contributed by atoms with Crippen molar-refractivity contribution < 1.29 is 4.79 Å². The maximum atomic E-state index is 12.1. The molecule has 1 aliphatic carbocycles. The summed E-state index contributed by atoms with van der Waals surface area (Å²) in [5.41, 5.74) is 1.86. The van der Waals surface area contributed by atoms with Crippen LogP contribution in [0.3, 0.4) is 0 Å². The van der Waals surface area contributed by atoms with Gasteiger partial charge in [-0.15, -0.1) is 0 Å². The smallest absolute Gasteiger partial charge is 0.184 e. The fourth-order valence-corrected chi connectivity index (χ4v) is 2.25. The quantitative estimate of drug-likeness (QED) is 0.748. The highest BCUT2D eigenvalue weighted by molar-refractivity contribution is 5.98. The molecule has 1 aromatic heterocycles. The minimum Gasteiger partial charge on any atom is -0.292 e. The maximum absolute atomic E-state index is 12.1. The summed E-state index contributed by atoms with van der Waals surface area (Å²) in [6, 6.07) is 15.7. The van der Waals surface area contributed by atoms with Crippen LogP contribution in [0.4, 0.5) is 0 Å². The molecule has 1 fully saturated rings. The van der Waals surface area contributed by atoms with Crippen molar-refractivity contribution in [2.45, 2.75) is 12.3 Å². The van der Waals surface area contributed by atoms with Crippen LogP contribution < -0.4 is 0 Å². The van der Waals surface area contributed by atoms with Crippen molar-refractivity contribution in [1.29, 1.82) is 0 Å². The molecule has 0 aliphatic heterocycles. The average Bonchev–Trinajstić information content (AvgIpc) is 3.20. The van der Waals surface area contributed by atoms with Crippen LogP contribution in [-0.2, 0) is 0 Å². The van der Waals surface area contributed by atoms with E-state index in [0.29, 0.717) is 11.6 Å². The van der Waals surface area contributed by atoms with Crippen molar-refractivity contribution in [1.82, 2.24) is 4.98 Å². The van der Waals surface area contributed by atoms with Crippen molar-refractivity contribution in [3.8, 4) is 0 Å². The van der Waals surface area contributed by atoms with Crippen molar-refractivity contribution in [2.75, 3.05) is 0 Å². The molecule has 17 heavy (non-hydrogen) atoms. The molecule has 0 radical (unpaired) electrons. The van der Waals surface area contributed by atoms with Crippen LogP contribution in [0.25, 0.3) is 0 Å². The van der Waals surface area contributed by atoms with Gasteiger partial charge in [0, 0.05) is 12.1 Å². The van der Waals surface area contributed by atoms with E-state index in [1.54, 1.807) is 12.3 Å². The Morgan fingerprint density at radius 1 is 1.06 bits per heavy atom. The average molecular weight is 223 g/mol. The van der Waals surface area contributed by atoms with E-state index in [2.05, 4.69) is 17.1 Å². The van der Waals surface area contributed by atoms with Gasteiger partial charge in [0.05, 0.1) is 0 Å². The molecule has 0 bridgehead atoms. The lowest BCUT2D eigenvalue weighted by Gasteiger charge is -2.00. The first kappa shape index (κ1) is 10.2. The Hall–Kier alpha value is -1.96. The molecule has 0 saturated heterocycles. The van der Waals surface area contributed by atoms with Crippen LogP contribution in [0.2, 0.25) is 0 Å². The highest BCUT2D eigenvalue weighted by Crippen LogP contribution is 2.48. The third kappa shape index (κ3) is 1.98. The van der Waals surface area contributed by atoms with Gasteiger partial charge in [0.1, 0.15) is 5.69 Å². The maximum Gasteiger partial charge on any atom is 0.184 e. The molecule has 2 aromatic rings. The summed E-state index contributed by atoms with van der Waals surface area (Å²) in [6.07, 6.45) is 2.63. The van der Waals surface area contributed by atoms with Gasteiger partial charge < -0.3 is 0 Å². The molecule has 1 saturated carbocycles. The van der Waals surface area contributed by atoms with Crippen LogP contribution in [0.5, 0.6) is 0 Å². The van der Waals surface area contributed by atoms with E-state index in [0.717, 1.165) is 6.42 Å². The lowest BCUT2D eigenvalue weighted by molar-refractivity contribution is 0.0960. The fourth-order valence-electron chi connectivity index (χ4n) is 2.25. The van der Waals surface area contributed by atoms with Crippen molar-refractivity contribution in [3.63, 3.8) is 0 Å². The SMILES string of the molecule is O=C(c1ccccn1)[C@H]1C[C@@H]1c1ccccc1. The Kier molecular flexibility index (Phi) is 2.48. The zero-order chi connectivity index (χ0) is 11.7. The van der Waals surface area contributed by atoms with Crippen LogP contribution in [0.15, 0.2) is 54.7 Å². The standard InChI is InChI=1S/C15H13NO/c17-15(14-8-4-5-9-16-14)13-10-12(13)11-6-2-1-3-7-11/h1-9,12-13H,10H2/t12-,13+/m1/s1. The Bertz CT molecular complexity index is 521. The van der Waals surface area contributed by atoms with Crippen LogP contribution >= 0.6 is 0 Å². The van der Waals surface area contributed by atoms with E-state index < -0.39 is 0 Å². The third-order valence-electron chi connectivity index (χ3n) is 3.27. The number of aromatic nitrogens is 1. The summed E-state index contributed by atoms with van der Waals surface area (Å²) in [7, 11) is 0. The number of benzene rings is 1. The number of nitrogens with zero attached hydrogens (tertiary/aromatic N) is 1. The van der Waals surface area contributed by atoms with E-state index >= 15 is 0 Å². The number of hydrogen-bond acceptors (Lipinski definition) is 2. The molecule has 1 aliphatic rings. The molecule has 2 heteroatoms. The van der Waals surface area contributed by atoms with E-state index in [-0.39, 0.29) is 11.7 Å². The second-order valence-electron chi connectivity index (χ2n) is 4.44. The van der Waals surface area contributed by atoms with Crippen molar-refractivity contribution >= 4 is 5.78 Å². The number of rotatable bonds is 3.